The number of nitrogens with two attached hydrogens (primary N) is 1. The molecule has 0 spiro atoms. The summed E-state index contributed by atoms with van der Waals surface area (Å²) in [6.45, 7) is 10.9. The number of hydrogen-bond donors (Lipinski definition) is 1. The van der Waals surface area contributed by atoms with Crippen molar-refractivity contribution in [1.29, 1.82) is 0 Å². The number of aryl methyl sites for hydroxylation is 1. The van der Waals surface area contributed by atoms with Crippen LogP contribution in [0.2, 0.25) is 0 Å². The molecule has 2 N–H and O–H groups in total. The number of aromatic nitrogens is 2. The van der Waals surface area contributed by atoms with Gasteiger partial charge >= 0.3 is 0 Å². The highest BCUT2D eigenvalue weighted by atomic mass is 16.5. The highest BCUT2D eigenvalue weighted by Crippen LogP contribution is 2.05. The molecule has 2 heterocycles. The van der Waals surface area contributed by atoms with Crippen LogP contribution in [0.4, 0.5) is 5.82 Å². The van der Waals surface area contributed by atoms with E-state index in [-0.39, 0.29) is 0 Å². The van der Waals surface area contributed by atoms with Gasteiger partial charge < -0.3 is 15.4 Å². The van der Waals surface area contributed by atoms with Gasteiger partial charge in [-0.2, -0.15) is 0 Å². The van der Waals surface area contributed by atoms with E-state index in [2.05, 4.69) is 21.4 Å². The van der Waals surface area contributed by atoms with Crippen molar-refractivity contribution in [2.24, 2.45) is 5.73 Å². The maximum atomic E-state index is 5.83. The minimum absolute atomic E-state index is 0.676. The van der Waals surface area contributed by atoms with Crippen LogP contribution in [0.5, 0.6) is 0 Å². The normalized spacial score (nSPS) is 18.1. The number of morpholine rings is 1. The van der Waals surface area contributed by atoms with Gasteiger partial charge in [-0.1, -0.05) is 6.58 Å². The van der Waals surface area contributed by atoms with Crippen LogP contribution in [-0.4, -0.2) is 36.3 Å². The molecule has 5 heteroatoms. The number of hydrogen-bond acceptors (Lipinski definition) is 5. The molecule has 0 atom stereocenters. The molecular weight excluding hydrogens is 216 g/mol. The first kappa shape index (κ1) is 11.9. The van der Waals surface area contributed by atoms with Crippen molar-refractivity contribution in [2.45, 2.75) is 13.8 Å². The first-order chi connectivity index (χ1) is 8.09. The van der Waals surface area contributed by atoms with Gasteiger partial charge in [-0.25, -0.2) is 9.97 Å². The molecule has 1 saturated heterocycles. The molecule has 1 aromatic heterocycles. The lowest BCUT2D eigenvalue weighted by Crippen LogP contribution is -2.44. The summed E-state index contributed by atoms with van der Waals surface area (Å²) >= 11 is 0. The molecule has 17 heavy (non-hydrogen) atoms. The lowest BCUT2D eigenvalue weighted by atomic mass is 10.3. The van der Waals surface area contributed by atoms with E-state index >= 15 is 0 Å². The standard InChI is InChI=1S/C12H18N4O/c1-8-11(9(2)13)14-10(3)15-12(8)16-4-6-17-7-5-16/h1,4-7,13H2,2-3H3/b11-9-. The zero-order valence-corrected chi connectivity index (χ0v) is 10.4. The predicted molar refractivity (Wildman–Crippen MR) is 67.8 cm³/mol. The molecule has 5 nitrogen and oxygen atoms in total. The zero-order chi connectivity index (χ0) is 12.4. The molecule has 2 rings (SSSR count). The van der Waals surface area contributed by atoms with Crippen molar-refractivity contribution in [1.82, 2.24) is 9.97 Å². The second-order valence-electron chi connectivity index (χ2n) is 4.20. The van der Waals surface area contributed by atoms with E-state index in [0.717, 1.165) is 48.5 Å². The molecule has 92 valence electrons. The SMILES string of the molecule is C=c1c(N2CCOCC2)nc(C)n/c1=C(/C)N. The summed E-state index contributed by atoms with van der Waals surface area (Å²) < 4.78 is 5.33. The van der Waals surface area contributed by atoms with Gasteiger partial charge in [0, 0.05) is 24.0 Å². The van der Waals surface area contributed by atoms with Gasteiger partial charge in [0.25, 0.3) is 0 Å². The first-order valence-electron chi connectivity index (χ1n) is 5.72. The number of ether oxygens (including phenoxy) is 1. The Balaban J connectivity index is 2.54. The number of nitrogens with zero attached hydrogens (tertiary/aromatic N) is 3. The van der Waals surface area contributed by atoms with Gasteiger partial charge in [0.2, 0.25) is 0 Å². The predicted octanol–water partition coefficient (Wildman–Crippen LogP) is -0.881. The molecular formula is C12H18N4O. The smallest absolute Gasteiger partial charge is 0.139 e. The Morgan fingerprint density at radius 1 is 1.35 bits per heavy atom. The quantitative estimate of drug-likeness (QED) is 0.683. The Morgan fingerprint density at radius 3 is 2.59 bits per heavy atom. The van der Waals surface area contributed by atoms with Crippen molar-refractivity contribution in [2.75, 3.05) is 31.2 Å². The number of rotatable bonds is 1. The highest BCUT2D eigenvalue weighted by molar-refractivity contribution is 5.46. The van der Waals surface area contributed by atoms with Crippen molar-refractivity contribution in [3.8, 4) is 0 Å². The first-order valence-corrected chi connectivity index (χ1v) is 5.72. The van der Waals surface area contributed by atoms with Crippen LogP contribution in [0.3, 0.4) is 0 Å². The van der Waals surface area contributed by atoms with Crippen LogP contribution >= 0.6 is 0 Å². The molecule has 0 unspecified atom stereocenters. The van der Waals surface area contributed by atoms with E-state index in [1.807, 2.05) is 13.8 Å². The summed E-state index contributed by atoms with van der Waals surface area (Å²) in [4.78, 5) is 11.0. The van der Waals surface area contributed by atoms with Crippen LogP contribution < -0.4 is 21.2 Å². The molecule has 0 saturated carbocycles. The lowest BCUT2D eigenvalue weighted by molar-refractivity contribution is 0.122. The van der Waals surface area contributed by atoms with E-state index in [1.54, 1.807) is 0 Å². The third-order valence-corrected chi connectivity index (χ3v) is 2.78. The minimum Gasteiger partial charge on any atom is -0.401 e. The summed E-state index contributed by atoms with van der Waals surface area (Å²) in [5.41, 5.74) is 6.50. The van der Waals surface area contributed by atoms with Crippen molar-refractivity contribution in [3.63, 3.8) is 0 Å². The third-order valence-electron chi connectivity index (χ3n) is 2.78. The van der Waals surface area contributed by atoms with Gasteiger partial charge in [0.05, 0.1) is 18.6 Å². The summed E-state index contributed by atoms with van der Waals surface area (Å²) in [5.74, 6) is 1.60. The van der Waals surface area contributed by atoms with Crippen LogP contribution in [0.15, 0.2) is 0 Å². The monoisotopic (exact) mass is 234 g/mol. The highest BCUT2D eigenvalue weighted by Gasteiger charge is 2.14. The average Bonchev–Trinajstić information content (AvgIpc) is 2.32. The topological polar surface area (TPSA) is 64.3 Å². The Hall–Kier alpha value is -1.62. The molecule has 1 aliphatic heterocycles. The second kappa shape index (κ2) is 4.71. The average molecular weight is 234 g/mol. The Bertz CT molecular complexity index is 516. The lowest BCUT2D eigenvalue weighted by Gasteiger charge is -2.28. The molecule has 0 radical (unpaired) electrons. The fraction of sp³-hybridized carbons (Fsp3) is 0.500. The van der Waals surface area contributed by atoms with E-state index in [0.29, 0.717) is 5.70 Å². The van der Waals surface area contributed by atoms with Crippen molar-refractivity contribution >= 4 is 18.1 Å². The molecule has 1 fully saturated rings. The fourth-order valence-corrected chi connectivity index (χ4v) is 1.94. The molecule has 0 bridgehead atoms. The summed E-state index contributed by atoms with van der Waals surface area (Å²) in [7, 11) is 0. The molecule has 1 aromatic rings. The molecule has 0 aliphatic carbocycles. The van der Waals surface area contributed by atoms with E-state index in [4.69, 9.17) is 10.5 Å². The Labute approximate surface area is 101 Å². The van der Waals surface area contributed by atoms with Gasteiger partial charge in [-0.3, -0.25) is 0 Å². The maximum Gasteiger partial charge on any atom is 0.139 e. The van der Waals surface area contributed by atoms with E-state index in [1.165, 1.54) is 0 Å². The van der Waals surface area contributed by atoms with Crippen LogP contribution in [0.25, 0.3) is 12.3 Å². The van der Waals surface area contributed by atoms with Gasteiger partial charge in [0.1, 0.15) is 11.6 Å². The minimum atomic E-state index is 0.676. The Morgan fingerprint density at radius 2 is 2.00 bits per heavy atom. The van der Waals surface area contributed by atoms with Crippen molar-refractivity contribution in [3.05, 3.63) is 16.4 Å². The van der Waals surface area contributed by atoms with E-state index in [9.17, 15) is 0 Å². The fourth-order valence-electron chi connectivity index (χ4n) is 1.94. The zero-order valence-electron chi connectivity index (χ0n) is 10.4. The van der Waals surface area contributed by atoms with E-state index < -0.39 is 0 Å². The van der Waals surface area contributed by atoms with Crippen LogP contribution in [0.1, 0.15) is 12.7 Å². The van der Waals surface area contributed by atoms with Crippen LogP contribution in [0, 0.1) is 6.92 Å². The van der Waals surface area contributed by atoms with Crippen molar-refractivity contribution < 1.29 is 4.74 Å². The second-order valence-corrected chi connectivity index (χ2v) is 4.20. The summed E-state index contributed by atoms with van der Waals surface area (Å²) in [6, 6.07) is 0. The maximum absolute atomic E-state index is 5.83. The molecule has 0 amide bonds. The van der Waals surface area contributed by atoms with Gasteiger partial charge in [-0.15, -0.1) is 0 Å². The van der Waals surface area contributed by atoms with Crippen LogP contribution in [-0.2, 0) is 4.74 Å². The summed E-state index contributed by atoms with van der Waals surface area (Å²) in [5, 5.41) is 1.55. The largest absolute Gasteiger partial charge is 0.401 e. The summed E-state index contributed by atoms with van der Waals surface area (Å²) in [6.07, 6.45) is 0. The number of anilines is 1. The van der Waals surface area contributed by atoms with Gasteiger partial charge in [-0.05, 0) is 13.8 Å². The van der Waals surface area contributed by atoms with Gasteiger partial charge in [0.15, 0.2) is 0 Å². The Kier molecular flexibility index (Phi) is 3.28. The third kappa shape index (κ3) is 2.39. The molecule has 1 aliphatic rings. The molecule has 0 aromatic carbocycles.